The van der Waals surface area contributed by atoms with Crippen LogP contribution in [0.3, 0.4) is 0 Å². The highest BCUT2D eigenvalue weighted by atomic mass is 19.1. The molecule has 0 saturated heterocycles. The Morgan fingerprint density at radius 3 is 2.66 bits per heavy atom. The van der Waals surface area contributed by atoms with Crippen molar-refractivity contribution in [3.8, 4) is 0 Å². The number of nitrogens with zero attached hydrogens (tertiary/aromatic N) is 2. The van der Waals surface area contributed by atoms with Gasteiger partial charge in [-0.15, -0.1) is 0 Å². The van der Waals surface area contributed by atoms with Gasteiger partial charge in [0.2, 0.25) is 5.91 Å². The van der Waals surface area contributed by atoms with Gasteiger partial charge in [0.25, 0.3) is 0 Å². The molecule has 0 bridgehead atoms. The van der Waals surface area contributed by atoms with Gasteiger partial charge in [-0.2, -0.15) is 0 Å². The minimum Gasteiger partial charge on any atom is -0.480 e. The highest BCUT2D eigenvalue weighted by Crippen LogP contribution is 2.37. The second-order valence-corrected chi connectivity index (χ2v) is 8.61. The molecule has 2 aromatic carbocycles. The predicted molar refractivity (Wildman–Crippen MR) is 122 cm³/mol. The van der Waals surface area contributed by atoms with Crippen molar-refractivity contribution < 1.29 is 19.1 Å². The monoisotopic (exact) mass is 436 g/mol. The number of carboxylic acid groups (broad SMARTS) is 1. The minimum absolute atomic E-state index is 0.0120. The summed E-state index contributed by atoms with van der Waals surface area (Å²) in [5, 5.41) is 10.5. The number of amides is 1. The molecule has 168 valence electrons. The number of carbonyl (C=O) groups excluding carboxylic acids is 1. The number of aliphatic carboxylic acids is 1. The van der Waals surface area contributed by atoms with Crippen LogP contribution in [0.5, 0.6) is 0 Å². The Balaban J connectivity index is 1.60. The van der Waals surface area contributed by atoms with E-state index in [1.54, 1.807) is 6.07 Å². The van der Waals surface area contributed by atoms with Gasteiger partial charge in [0, 0.05) is 36.1 Å². The molecule has 5 nitrogen and oxygen atoms in total. The van der Waals surface area contributed by atoms with Gasteiger partial charge in [0.1, 0.15) is 11.9 Å². The van der Waals surface area contributed by atoms with Crippen LogP contribution in [-0.4, -0.2) is 39.5 Å². The largest absolute Gasteiger partial charge is 0.480 e. The van der Waals surface area contributed by atoms with Gasteiger partial charge in [-0.1, -0.05) is 37.3 Å². The number of rotatable bonds is 7. The van der Waals surface area contributed by atoms with E-state index in [1.165, 1.54) is 12.1 Å². The molecular formula is C26H29FN2O3. The van der Waals surface area contributed by atoms with E-state index in [4.69, 9.17) is 0 Å². The quantitative estimate of drug-likeness (QED) is 0.581. The third-order valence-corrected chi connectivity index (χ3v) is 6.73. The Hall–Kier alpha value is -3.15. The van der Waals surface area contributed by atoms with Crippen LogP contribution in [0.4, 0.5) is 4.39 Å². The summed E-state index contributed by atoms with van der Waals surface area (Å²) in [4.78, 5) is 26.6. The number of fused-ring (bicyclic) bond motifs is 3. The van der Waals surface area contributed by atoms with Crippen LogP contribution in [0.25, 0.3) is 10.9 Å². The molecule has 1 aliphatic rings. The summed E-state index contributed by atoms with van der Waals surface area (Å²) < 4.78 is 16.0. The van der Waals surface area contributed by atoms with E-state index in [0.29, 0.717) is 32.1 Å². The zero-order chi connectivity index (χ0) is 22.8. The highest BCUT2D eigenvalue weighted by molar-refractivity contribution is 5.88. The number of carboxylic acids is 1. The molecule has 4 rings (SSSR count). The average molecular weight is 437 g/mol. The van der Waals surface area contributed by atoms with Gasteiger partial charge >= 0.3 is 5.97 Å². The lowest BCUT2D eigenvalue weighted by Gasteiger charge is -2.32. The van der Waals surface area contributed by atoms with Gasteiger partial charge in [0.05, 0.1) is 0 Å². The molecule has 0 fully saturated rings. The van der Waals surface area contributed by atoms with E-state index in [0.717, 1.165) is 34.1 Å². The third kappa shape index (κ3) is 4.14. The molecule has 1 aromatic heterocycles. The van der Waals surface area contributed by atoms with Crippen molar-refractivity contribution in [3.63, 3.8) is 0 Å². The molecule has 1 aliphatic carbocycles. The lowest BCUT2D eigenvalue weighted by molar-refractivity contribution is -0.141. The van der Waals surface area contributed by atoms with Crippen molar-refractivity contribution in [2.24, 2.45) is 0 Å². The van der Waals surface area contributed by atoms with Gasteiger partial charge in [-0.3, -0.25) is 4.79 Å². The maximum Gasteiger partial charge on any atom is 0.326 e. The maximum absolute atomic E-state index is 14.1. The SMILES string of the molecule is CCC(C(=O)O)n1c2c(c3cc(F)ccc31)CC(N(C)C(=O)CCc1ccccc1)CC2. The van der Waals surface area contributed by atoms with Crippen LogP contribution in [0.15, 0.2) is 48.5 Å². The van der Waals surface area contributed by atoms with Crippen molar-refractivity contribution in [2.75, 3.05) is 7.05 Å². The first-order chi connectivity index (χ1) is 15.4. The topological polar surface area (TPSA) is 62.5 Å². The van der Waals surface area contributed by atoms with Crippen LogP contribution in [0.1, 0.15) is 49.0 Å². The Morgan fingerprint density at radius 1 is 1.22 bits per heavy atom. The molecule has 0 radical (unpaired) electrons. The summed E-state index contributed by atoms with van der Waals surface area (Å²) in [6.07, 6.45) is 3.61. The van der Waals surface area contributed by atoms with E-state index >= 15 is 0 Å². The van der Waals surface area contributed by atoms with Crippen molar-refractivity contribution in [1.82, 2.24) is 9.47 Å². The summed E-state index contributed by atoms with van der Waals surface area (Å²) in [5.41, 5.74) is 3.82. The first-order valence-electron chi connectivity index (χ1n) is 11.2. The second-order valence-electron chi connectivity index (χ2n) is 8.61. The summed E-state index contributed by atoms with van der Waals surface area (Å²) >= 11 is 0. The first kappa shape index (κ1) is 22.1. The highest BCUT2D eigenvalue weighted by Gasteiger charge is 2.32. The number of hydrogen-bond donors (Lipinski definition) is 1. The smallest absolute Gasteiger partial charge is 0.326 e. The molecule has 1 amide bonds. The number of hydrogen-bond acceptors (Lipinski definition) is 2. The van der Waals surface area contributed by atoms with E-state index in [2.05, 4.69) is 0 Å². The van der Waals surface area contributed by atoms with Crippen molar-refractivity contribution in [2.45, 2.75) is 57.5 Å². The lowest BCUT2D eigenvalue weighted by Crippen LogP contribution is -2.41. The number of aryl methyl sites for hydroxylation is 1. The summed E-state index contributed by atoms with van der Waals surface area (Å²) in [6.45, 7) is 1.85. The summed E-state index contributed by atoms with van der Waals surface area (Å²) in [5.74, 6) is -1.13. The Morgan fingerprint density at radius 2 is 1.97 bits per heavy atom. The molecule has 2 unspecified atom stereocenters. The lowest BCUT2D eigenvalue weighted by atomic mass is 9.90. The van der Waals surface area contributed by atoms with Gasteiger partial charge in [-0.05, 0) is 61.4 Å². The summed E-state index contributed by atoms with van der Waals surface area (Å²) in [6, 6.07) is 13.8. The molecule has 2 atom stereocenters. The van der Waals surface area contributed by atoms with Gasteiger partial charge < -0.3 is 14.6 Å². The second kappa shape index (κ2) is 9.15. The number of halogens is 1. The number of carbonyl (C=O) groups is 2. The van der Waals surface area contributed by atoms with E-state index < -0.39 is 12.0 Å². The minimum atomic E-state index is -0.883. The summed E-state index contributed by atoms with van der Waals surface area (Å²) in [7, 11) is 1.84. The number of aromatic nitrogens is 1. The van der Waals surface area contributed by atoms with Crippen molar-refractivity contribution in [1.29, 1.82) is 0 Å². The molecule has 32 heavy (non-hydrogen) atoms. The molecule has 1 heterocycles. The maximum atomic E-state index is 14.1. The predicted octanol–water partition coefficient (Wildman–Crippen LogP) is 4.76. The van der Waals surface area contributed by atoms with Gasteiger partial charge in [-0.25, -0.2) is 9.18 Å². The molecule has 3 aromatic rings. The number of likely N-dealkylation sites (N-methyl/N-ethyl adjacent to an activating group) is 1. The zero-order valence-electron chi connectivity index (χ0n) is 18.6. The van der Waals surface area contributed by atoms with Crippen molar-refractivity contribution >= 4 is 22.8 Å². The van der Waals surface area contributed by atoms with E-state index in [-0.39, 0.29) is 17.8 Å². The zero-order valence-corrected chi connectivity index (χ0v) is 18.6. The van der Waals surface area contributed by atoms with Crippen molar-refractivity contribution in [3.05, 3.63) is 71.2 Å². The Labute approximate surface area is 187 Å². The standard InChI is InChI=1S/C26H29FN2O3/c1-3-22(26(31)32)29-23-12-10-18(27)15-20(23)21-16-19(11-13-24(21)29)28(2)25(30)14-9-17-7-5-4-6-8-17/h4-8,10,12,15,19,22H,3,9,11,13-14,16H2,1-2H3,(H,31,32). The molecule has 6 heteroatoms. The molecular weight excluding hydrogens is 407 g/mol. The van der Waals surface area contributed by atoms with Crippen LogP contribution in [-0.2, 0) is 28.9 Å². The Kier molecular flexibility index (Phi) is 6.31. The van der Waals surface area contributed by atoms with Crippen LogP contribution >= 0.6 is 0 Å². The fourth-order valence-electron chi connectivity index (χ4n) is 4.98. The molecule has 0 saturated carbocycles. The molecule has 1 N–H and O–H groups in total. The molecule has 0 spiro atoms. The number of benzene rings is 2. The normalized spacial score (nSPS) is 16.5. The van der Waals surface area contributed by atoms with Crippen LogP contribution in [0, 0.1) is 5.82 Å². The van der Waals surface area contributed by atoms with E-state index in [1.807, 2.05) is 53.8 Å². The van der Waals surface area contributed by atoms with Crippen LogP contribution in [0.2, 0.25) is 0 Å². The molecule has 0 aliphatic heterocycles. The van der Waals surface area contributed by atoms with Crippen LogP contribution < -0.4 is 0 Å². The fraction of sp³-hybridized carbons (Fsp3) is 0.385. The van der Waals surface area contributed by atoms with E-state index in [9.17, 15) is 19.1 Å². The third-order valence-electron chi connectivity index (χ3n) is 6.73. The van der Waals surface area contributed by atoms with Gasteiger partial charge in [0.15, 0.2) is 0 Å². The Bertz CT molecular complexity index is 1140. The first-order valence-corrected chi connectivity index (χ1v) is 11.2. The average Bonchev–Trinajstić information content (AvgIpc) is 3.10. The fourth-order valence-corrected chi connectivity index (χ4v) is 4.98.